The summed E-state index contributed by atoms with van der Waals surface area (Å²) >= 11 is 5.84. The predicted octanol–water partition coefficient (Wildman–Crippen LogP) is 4.20. The van der Waals surface area contributed by atoms with Gasteiger partial charge in [0.25, 0.3) is 0 Å². The van der Waals surface area contributed by atoms with Gasteiger partial charge in [-0.1, -0.05) is 11.6 Å². The third kappa shape index (κ3) is 5.07. The summed E-state index contributed by atoms with van der Waals surface area (Å²) in [5, 5.41) is 0.571. The van der Waals surface area contributed by atoms with Crippen molar-refractivity contribution in [3.63, 3.8) is 0 Å². The van der Waals surface area contributed by atoms with E-state index in [1.807, 2.05) is 0 Å². The first-order chi connectivity index (χ1) is 15.0. The normalized spacial score (nSPS) is 16.1. The number of benzene rings is 2. The second-order valence-electron chi connectivity index (χ2n) is 7.81. The fraction of sp³-hybridized carbons (Fsp3) is 0.375. The molecule has 0 atom stereocenters. The number of hydrogen-bond donors (Lipinski definition) is 0. The van der Waals surface area contributed by atoms with Crippen LogP contribution in [0.15, 0.2) is 42.5 Å². The quantitative estimate of drug-likeness (QED) is 0.628. The lowest BCUT2D eigenvalue weighted by Crippen LogP contribution is -2.40. The van der Waals surface area contributed by atoms with Crippen LogP contribution in [-0.2, 0) is 4.79 Å². The molecule has 2 heterocycles. The summed E-state index contributed by atoms with van der Waals surface area (Å²) in [6, 6.07) is 12.0. The second-order valence-corrected chi connectivity index (χ2v) is 8.24. The summed E-state index contributed by atoms with van der Waals surface area (Å²) in [6.07, 6.45) is 1.56. The molecule has 1 saturated heterocycles. The minimum absolute atomic E-state index is 0.0486. The van der Waals surface area contributed by atoms with Crippen LogP contribution in [0.4, 0.5) is 0 Å². The number of carbonyl (C=O) groups is 3. The number of carbonyl (C=O) groups excluding carboxylic acids is 3. The van der Waals surface area contributed by atoms with Gasteiger partial charge in [-0.25, -0.2) is 0 Å². The molecular weight excluding hydrogens is 418 g/mol. The van der Waals surface area contributed by atoms with Crippen LogP contribution in [-0.4, -0.2) is 48.7 Å². The van der Waals surface area contributed by atoms with E-state index in [0.29, 0.717) is 66.8 Å². The molecule has 2 aliphatic rings. The molecule has 0 saturated carbocycles. The molecule has 0 aliphatic carbocycles. The average molecular weight is 442 g/mol. The Bertz CT molecular complexity index is 980. The van der Waals surface area contributed by atoms with Crippen molar-refractivity contribution < 1.29 is 23.9 Å². The molecule has 0 bridgehead atoms. The van der Waals surface area contributed by atoms with E-state index in [-0.39, 0.29) is 36.2 Å². The van der Waals surface area contributed by atoms with Gasteiger partial charge in [0.05, 0.1) is 0 Å². The zero-order chi connectivity index (χ0) is 21.8. The topological polar surface area (TPSA) is 72.9 Å². The molecule has 4 rings (SSSR count). The number of nitrogens with zero attached hydrogens (tertiary/aromatic N) is 1. The van der Waals surface area contributed by atoms with Gasteiger partial charge >= 0.3 is 0 Å². The standard InChI is InChI=1S/C24H24ClNO5/c25-19-4-1-16(2-5-19)20(27)6-8-23(28)26-11-9-17(10-12-26)24(29)18-3-7-21-22(15-18)31-14-13-30-21/h1-5,7,15,17H,6,8-14H2. The molecule has 0 unspecified atom stereocenters. The Hall–Kier alpha value is -2.86. The lowest BCUT2D eigenvalue weighted by atomic mass is 9.88. The molecule has 7 heteroatoms. The Morgan fingerprint density at radius 1 is 0.871 bits per heavy atom. The first-order valence-corrected chi connectivity index (χ1v) is 10.9. The van der Waals surface area contributed by atoms with E-state index < -0.39 is 0 Å². The molecule has 0 N–H and O–H groups in total. The highest BCUT2D eigenvalue weighted by Gasteiger charge is 2.29. The third-order valence-electron chi connectivity index (χ3n) is 5.78. The number of ketones is 2. The second kappa shape index (κ2) is 9.52. The highest BCUT2D eigenvalue weighted by atomic mass is 35.5. The number of halogens is 1. The van der Waals surface area contributed by atoms with Gasteiger partial charge in [0.15, 0.2) is 23.1 Å². The van der Waals surface area contributed by atoms with Gasteiger partial charge in [-0.05, 0) is 55.3 Å². The van der Waals surface area contributed by atoms with Crippen LogP contribution in [0.5, 0.6) is 11.5 Å². The van der Waals surface area contributed by atoms with Gasteiger partial charge in [-0.2, -0.15) is 0 Å². The molecule has 31 heavy (non-hydrogen) atoms. The number of ether oxygens (including phenoxy) is 2. The predicted molar refractivity (Wildman–Crippen MR) is 116 cm³/mol. The van der Waals surface area contributed by atoms with E-state index in [0.717, 1.165) is 0 Å². The summed E-state index contributed by atoms with van der Waals surface area (Å²) in [5.74, 6) is 1.09. The molecule has 2 aromatic carbocycles. The monoisotopic (exact) mass is 441 g/mol. The van der Waals surface area contributed by atoms with Gasteiger partial charge in [-0.15, -0.1) is 0 Å². The lowest BCUT2D eigenvalue weighted by molar-refractivity contribution is -0.132. The van der Waals surface area contributed by atoms with Gasteiger partial charge in [0, 0.05) is 48.0 Å². The van der Waals surface area contributed by atoms with Crippen LogP contribution < -0.4 is 9.47 Å². The molecule has 0 radical (unpaired) electrons. The van der Waals surface area contributed by atoms with Crippen LogP contribution in [0.1, 0.15) is 46.4 Å². The average Bonchev–Trinajstić information content (AvgIpc) is 2.82. The van der Waals surface area contributed by atoms with Gasteiger partial charge in [-0.3, -0.25) is 14.4 Å². The van der Waals surface area contributed by atoms with E-state index in [1.165, 1.54) is 0 Å². The molecule has 2 aliphatic heterocycles. The van der Waals surface area contributed by atoms with Crippen molar-refractivity contribution in [3.8, 4) is 11.5 Å². The molecule has 6 nitrogen and oxygen atoms in total. The van der Waals surface area contributed by atoms with Crippen molar-refractivity contribution in [2.24, 2.45) is 5.92 Å². The summed E-state index contributed by atoms with van der Waals surface area (Å²) in [7, 11) is 0. The molecule has 2 aromatic rings. The number of likely N-dealkylation sites (tertiary alicyclic amines) is 1. The smallest absolute Gasteiger partial charge is 0.223 e. The van der Waals surface area contributed by atoms with Gasteiger partial charge in [0.2, 0.25) is 5.91 Å². The van der Waals surface area contributed by atoms with E-state index in [1.54, 1.807) is 47.4 Å². The lowest BCUT2D eigenvalue weighted by Gasteiger charge is -2.31. The molecule has 162 valence electrons. The summed E-state index contributed by atoms with van der Waals surface area (Å²) in [4.78, 5) is 39.5. The van der Waals surface area contributed by atoms with Gasteiger partial charge in [0.1, 0.15) is 13.2 Å². The Labute approximate surface area is 186 Å². The Morgan fingerprint density at radius 3 is 2.23 bits per heavy atom. The Kier molecular flexibility index (Phi) is 6.56. The van der Waals surface area contributed by atoms with Crippen molar-refractivity contribution in [3.05, 3.63) is 58.6 Å². The summed E-state index contributed by atoms with van der Waals surface area (Å²) in [5.41, 5.74) is 1.17. The number of fused-ring (bicyclic) bond motifs is 1. The van der Waals surface area contributed by atoms with Crippen molar-refractivity contribution in [2.75, 3.05) is 26.3 Å². The maximum Gasteiger partial charge on any atom is 0.223 e. The highest BCUT2D eigenvalue weighted by molar-refractivity contribution is 6.30. The first-order valence-electron chi connectivity index (χ1n) is 10.5. The number of hydrogen-bond acceptors (Lipinski definition) is 5. The van der Waals surface area contributed by atoms with Crippen LogP contribution >= 0.6 is 11.6 Å². The fourth-order valence-electron chi connectivity index (χ4n) is 3.98. The molecule has 1 amide bonds. The van der Waals surface area contributed by atoms with E-state index in [4.69, 9.17) is 21.1 Å². The third-order valence-corrected chi connectivity index (χ3v) is 6.03. The van der Waals surface area contributed by atoms with Crippen LogP contribution in [0.2, 0.25) is 5.02 Å². The minimum atomic E-state index is -0.123. The van der Waals surface area contributed by atoms with Crippen molar-refractivity contribution in [2.45, 2.75) is 25.7 Å². The first kappa shape index (κ1) is 21.4. The molecule has 0 spiro atoms. The van der Waals surface area contributed by atoms with Crippen LogP contribution in [0, 0.1) is 5.92 Å². The molecular formula is C24H24ClNO5. The zero-order valence-electron chi connectivity index (χ0n) is 17.1. The van der Waals surface area contributed by atoms with Gasteiger partial charge < -0.3 is 14.4 Å². The van der Waals surface area contributed by atoms with Crippen molar-refractivity contribution in [1.29, 1.82) is 0 Å². The Balaban J connectivity index is 1.27. The summed E-state index contributed by atoms with van der Waals surface area (Å²) < 4.78 is 11.1. The molecule has 1 fully saturated rings. The molecule has 0 aromatic heterocycles. The maximum absolute atomic E-state index is 12.9. The van der Waals surface area contributed by atoms with E-state index in [9.17, 15) is 14.4 Å². The number of amides is 1. The van der Waals surface area contributed by atoms with Crippen molar-refractivity contribution >= 4 is 29.1 Å². The van der Waals surface area contributed by atoms with Crippen LogP contribution in [0.25, 0.3) is 0 Å². The Morgan fingerprint density at radius 2 is 1.52 bits per heavy atom. The summed E-state index contributed by atoms with van der Waals surface area (Å²) in [6.45, 7) is 2.04. The largest absolute Gasteiger partial charge is 0.486 e. The zero-order valence-corrected chi connectivity index (χ0v) is 17.9. The van der Waals surface area contributed by atoms with Crippen LogP contribution in [0.3, 0.4) is 0 Å². The number of Topliss-reactive ketones (excluding diaryl/α,β-unsaturated/α-hetero) is 2. The maximum atomic E-state index is 12.9. The van der Waals surface area contributed by atoms with E-state index in [2.05, 4.69) is 0 Å². The van der Waals surface area contributed by atoms with Crippen molar-refractivity contribution in [1.82, 2.24) is 4.90 Å². The SMILES string of the molecule is O=C(CCC(=O)N1CCC(C(=O)c2ccc3c(c2)OCCO3)CC1)c1ccc(Cl)cc1. The highest BCUT2D eigenvalue weighted by Crippen LogP contribution is 2.32. The minimum Gasteiger partial charge on any atom is -0.486 e. The number of piperidine rings is 1. The number of rotatable bonds is 6. The fourth-order valence-corrected chi connectivity index (χ4v) is 4.11. The van der Waals surface area contributed by atoms with E-state index >= 15 is 0 Å².